The van der Waals surface area contributed by atoms with Gasteiger partial charge in [-0.15, -0.1) is 0 Å². The molecule has 2 saturated heterocycles. The first-order valence-electron chi connectivity index (χ1n) is 10.2. The third-order valence-electron chi connectivity index (χ3n) is 5.26. The van der Waals surface area contributed by atoms with Crippen molar-refractivity contribution in [3.63, 3.8) is 0 Å². The zero-order valence-corrected chi connectivity index (χ0v) is 16.6. The first-order valence-corrected chi connectivity index (χ1v) is 10.2. The van der Waals surface area contributed by atoms with Gasteiger partial charge in [0.15, 0.2) is 5.96 Å². The molecule has 1 aromatic carbocycles. The van der Waals surface area contributed by atoms with Gasteiger partial charge in [-0.05, 0) is 37.8 Å². The SMILES string of the molecule is CCNC(=NCCCN1CCCC1=O)N1CCOC(c2ccccc2C)C1. The van der Waals surface area contributed by atoms with Gasteiger partial charge < -0.3 is 19.9 Å². The summed E-state index contributed by atoms with van der Waals surface area (Å²) in [6, 6.07) is 8.43. The molecule has 6 nitrogen and oxygen atoms in total. The van der Waals surface area contributed by atoms with E-state index in [2.05, 4.69) is 48.3 Å². The second-order valence-electron chi connectivity index (χ2n) is 7.24. The number of aliphatic imine (C=N–C) groups is 1. The van der Waals surface area contributed by atoms with Crippen LogP contribution >= 0.6 is 0 Å². The molecule has 6 heteroatoms. The van der Waals surface area contributed by atoms with Crippen molar-refractivity contribution in [1.29, 1.82) is 0 Å². The minimum Gasteiger partial charge on any atom is -0.370 e. The molecular weight excluding hydrogens is 340 g/mol. The molecule has 3 rings (SSSR count). The third kappa shape index (κ3) is 5.22. The van der Waals surface area contributed by atoms with Crippen molar-refractivity contribution in [2.45, 2.75) is 39.2 Å². The number of nitrogens with zero attached hydrogens (tertiary/aromatic N) is 3. The predicted molar refractivity (Wildman–Crippen MR) is 108 cm³/mol. The van der Waals surface area contributed by atoms with Crippen molar-refractivity contribution >= 4 is 11.9 Å². The van der Waals surface area contributed by atoms with E-state index in [1.165, 1.54) is 11.1 Å². The molecule has 1 N–H and O–H groups in total. The average molecular weight is 373 g/mol. The quantitative estimate of drug-likeness (QED) is 0.473. The van der Waals surface area contributed by atoms with Gasteiger partial charge in [0.1, 0.15) is 6.10 Å². The molecule has 2 fully saturated rings. The molecule has 148 valence electrons. The van der Waals surface area contributed by atoms with Gasteiger partial charge in [-0.3, -0.25) is 9.79 Å². The summed E-state index contributed by atoms with van der Waals surface area (Å²) in [6.45, 7) is 9.88. The maximum Gasteiger partial charge on any atom is 0.222 e. The number of benzene rings is 1. The van der Waals surface area contributed by atoms with Crippen LogP contribution in [0.4, 0.5) is 0 Å². The second-order valence-corrected chi connectivity index (χ2v) is 7.24. The minimum atomic E-state index is 0.0750. The summed E-state index contributed by atoms with van der Waals surface area (Å²) in [5.41, 5.74) is 2.52. The summed E-state index contributed by atoms with van der Waals surface area (Å²) >= 11 is 0. The molecule has 0 aliphatic carbocycles. The molecule has 0 spiro atoms. The number of morpholine rings is 1. The highest BCUT2D eigenvalue weighted by Gasteiger charge is 2.25. The van der Waals surface area contributed by atoms with Crippen molar-refractivity contribution < 1.29 is 9.53 Å². The number of aryl methyl sites for hydroxylation is 1. The van der Waals surface area contributed by atoms with Gasteiger partial charge in [0, 0.05) is 39.1 Å². The lowest BCUT2D eigenvalue weighted by Gasteiger charge is -2.35. The molecule has 2 aliphatic rings. The Labute approximate surface area is 162 Å². The van der Waals surface area contributed by atoms with E-state index in [-0.39, 0.29) is 6.10 Å². The molecule has 1 unspecified atom stereocenters. The second kappa shape index (κ2) is 9.74. The fraction of sp³-hybridized carbons (Fsp3) is 0.619. The fourth-order valence-electron chi connectivity index (χ4n) is 3.79. The normalized spacial score (nSPS) is 21.0. The highest BCUT2D eigenvalue weighted by Crippen LogP contribution is 2.25. The maximum absolute atomic E-state index is 11.7. The number of hydrogen-bond acceptors (Lipinski definition) is 3. The van der Waals surface area contributed by atoms with E-state index >= 15 is 0 Å². The van der Waals surface area contributed by atoms with Crippen LogP contribution in [0.3, 0.4) is 0 Å². The summed E-state index contributed by atoms with van der Waals surface area (Å²) in [4.78, 5) is 20.8. The first kappa shape index (κ1) is 19.7. The van der Waals surface area contributed by atoms with Crippen LogP contribution in [0.2, 0.25) is 0 Å². The molecule has 2 aliphatic heterocycles. The van der Waals surface area contributed by atoms with Crippen molar-refractivity contribution in [2.24, 2.45) is 4.99 Å². The summed E-state index contributed by atoms with van der Waals surface area (Å²) in [6.07, 6.45) is 2.69. The van der Waals surface area contributed by atoms with E-state index in [1.54, 1.807) is 0 Å². The van der Waals surface area contributed by atoms with Gasteiger partial charge in [0.2, 0.25) is 5.91 Å². The number of amides is 1. The van der Waals surface area contributed by atoms with Crippen LogP contribution in [0, 0.1) is 6.92 Å². The number of rotatable bonds is 6. The van der Waals surface area contributed by atoms with Crippen LogP contribution in [0.25, 0.3) is 0 Å². The Morgan fingerprint density at radius 3 is 2.93 bits per heavy atom. The van der Waals surface area contributed by atoms with Crippen molar-refractivity contribution in [3.05, 3.63) is 35.4 Å². The molecule has 0 radical (unpaired) electrons. The van der Waals surface area contributed by atoms with E-state index in [1.807, 2.05) is 4.90 Å². The number of ether oxygens (including phenoxy) is 1. The Morgan fingerprint density at radius 1 is 1.33 bits per heavy atom. The zero-order valence-electron chi connectivity index (χ0n) is 16.6. The molecule has 27 heavy (non-hydrogen) atoms. The zero-order chi connectivity index (χ0) is 19.1. The Bertz CT molecular complexity index is 661. The number of hydrogen-bond donors (Lipinski definition) is 1. The van der Waals surface area contributed by atoms with Crippen LogP contribution < -0.4 is 5.32 Å². The third-order valence-corrected chi connectivity index (χ3v) is 5.26. The molecule has 0 saturated carbocycles. The van der Waals surface area contributed by atoms with Crippen LogP contribution in [-0.2, 0) is 9.53 Å². The lowest BCUT2D eigenvalue weighted by atomic mass is 10.0. The van der Waals surface area contributed by atoms with Crippen molar-refractivity contribution in [3.8, 4) is 0 Å². The smallest absolute Gasteiger partial charge is 0.222 e. The number of carbonyl (C=O) groups excluding carboxylic acids is 1. The maximum atomic E-state index is 11.7. The molecular formula is C21H32N4O2. The van der Waals surface area contributed by atoms with E-state index in [0.29, 0.717) is 18.9 Å². The van der Waals surface area contributed by atoms with Crippen molar-refractivity contribution in [1.82, 2.24) is 15.1 Å². The standard InChI is InChI=1S/C21H32N4O2/c1-3-22-21(23-11-7-13-24-12-6-10-20(24)26)25-14-15-27-19(16-25)18-9-5-4-8-17(18)2/h4-5,8-9,19H,3,6-7,10-16H2,1-2H3,(H,22,23). The van der Waals surface area contributed by atoms with Crippen LogP contribution in [0.15, 0.2) is 29.3 Å². The van der Waals surface area contributed by atoms with Crippen LogP contribution in [0.5, 0.6) is 0 Å². The topological polar surface area (TPSA) is 57.2 Å². The largest absolute Gasteiger partial charge is 0.370 e. The highest BCUT2D eigenvalue weighted by atomic mass is 16.5. The lowest BCUT2D eigenvalue weighted by molar-refractivity contribution is -0.127. The Balaban J connectivity index is 1.58. The predicted octanol–water partition coefficient (Wildman–Crippen LogP) is 2.35. The van der Waals surface area contributed by atoms with Crippen molar-refractivity contribution in [2.75, 3.05) is 45.9 Å². The Kier molecular flexibility index (Phi) is 7.10. The fourth-order valence-corrected chi connectivity index (χ4v) is 3.79. The van der Waals surface area contributed by atoms with E-state index in [9.17, 15) is 4.79 Å². The monoisotopic (exact) mass is 372 g/mol. The summed E-state index contributed by atoms with van der Waals surface area (Å²) in [7, 11) is 0. The molecule has 0 aromatic heterocycles. The van der Waals surface area contributed by atoms with Gasteiger partial charge in [-0.2, -0.15) is 0 Å². The first-order chi connectivity index (χ1) is 13.2. The molecule has 1 aromatic rings. The van der Waals surface area contributed by atoms with E-state index in [4.69, 9.17) is 9.73 Å². The van der Waals surface area contributed by atoms with Gasteiger partial charge in [0.05, 0.1) is 13.2 Å². The van der Waals surface area contributed by atoms with E-state index in [0.717, 1.165) is 58.1 Å². The lowest BCUT2D eigenvalue weighted by Crippen LogP contribution is -2.48. The van der Waals surface area contributed by atoms with Gasteiger partial charge in [0.25, 0.3) is 0 Å². The number of carbonyl (C=O) groups is 1. The molecule has 2 heterocycles. The number of nitrogens with one attached hydrogen (secondary N) is 1. The highest BCUT2D eigenvalue weighted by molar-refractivity contribution is 5.80. The number of guanidine groups is 1. The molecule has 1 atom stereocenters. The number of likely N-dealkylation sites (tertiary alicyclic amines) is 1. The average Bonchev–Trinajstić information content (AvgIpc) is 3.09. The van der Waals surface area contributed by atoms with Crippen LogP contribution in [-0.4, -0.2) is 67.5 Å². The Hall–Kier alpha value is -2.08. The summed E-state index contributed by atoms with van der Waals surface area (Å²) < 4.78 is 6.04. The summed E-state index contributed by atoms with van der Waals surface area (Å²) in [5, 5.41) is 3.42. The Morgan fingerprint density at radius 2 is 2.19 bits per heavy atom. The van der Waals surface area contributed by atoms with E-state index < -0.39 is 0 Å². The van der Waals surface area contributed by atoms with Gasteiger partial charge in [-0.25, -0.2) is 0 Å². The van der Waals surface area contributed by atoms with Gasteiger partial charge >= 0.3 is 0 Å². The van der Waals surface area contributed by atoms with Gasteiger partial charge in [-0.1, -0.05) is 24.3 Å². The minimum absolute atomic E-state index is 0.0750. The molecule has 0 bridgehead atoms. The summed E-state index contributed by atoms with van der Waals surface area (Å²) in [5.74, 6) is 1.24. The van der Waals surface area contributed by atoms with Crippen LogP contribution in [0.1, 0.15) is 43.4 Å². The molecule has 1 amide bonds.